The molecular formula is C13H17ClN2O. The van der Waals surface area contributed by atoms with Gasteiger partial charge in [-0.05, 0) is 44.9 Å². The molecule has 0 amide bonds. The van der Waals surface area contributed by atoms with Crippen LogP contribution in [0.5, 0.6) is 0 Å². The predicted octanol–water partition coefficient (Wildman–Crippen LogP) is 3.35. The summed E-state index contributed by atoms with van der Waals surface area (Å²) in [6, 6.07) is 0.178. The lowest BCUT2D eigenvalue weighted by Gasteiger charge is -2.14. The number of Topliss-reactive ketones (excluding diaryl/α,β-unsaturated/α-hetero) is 1. The molecule has 1 aromatic rings. The largest absolute Gasteiger partial charge is 0.292 e. The molecule has 3 nitrogen and oxygen atoms in total. The van der Waals surface area contributed by atoms with Gasteiger partial charge in [0.2, 0.25) is 0 Å². The SMILES string of the molecule is CC(C)n1ncc(Cl)c1C(=O)C1CC2CC2C1. The average molecular weight is 253 g/mol. The van der Waals surface area contributed by atoms with Crippen LogP contribution in [0.1, 0.15) is 49.6 Å². The molecule has 2 aliphatic carbocycles. The number of hydrogen-bond acceptors (Lipinski definition) is 2. The number of fused-ring (bicyclic) bond motifs is 1. The lowest BCUT2D eigenvalue weighted by molar-refractivity contribution is 0.0901. The van der Waals surface area contributed by atoms with Crippen LogP contribution in [0.3, 0.4) is 0 Å². The van der Waals surface area contributed by atoms with E-state index >= 15 is 0 Å². The van der Waals surface area contributed by atoms with Gasteiger partial charge >= 0.3 is 0 Å². The first-order chi connectivity index (χ1) is 8.08. The third-order valence-electron chi connectivity index (χ3n) is 4.09. The van der Waals surface area contributed by atoms with Crippen molar-refractivity contribution >= 4 is 17.4 Å². The molecule has 2 unspecified atom stereocenters. The fourth-order valence-corrected chi connectivity index (χ4v) is 3.31. The molecule has 0 aliphatic heterocycles. The zero-order chi connectivity index (χ0) is 12.2. The van der Waals surface area contributed by atoms with Gasteiger partial charge in [0, 0.05) is 12.0 Å². The molecule has 0 radical (unpaired) electrons. The highest BCUT2D eigenvalue weighted by Crippen LogP contribution is 2.55. The Kier molecular flexibility index (Phi) is 2.54. The third kappa shape index (κ3) is 1.81. The molecule has 2 atom stereocenters. The summed E-state index contributed by atoms with van der Waals surface area (Å²) in [4.78, 5) is 12.5. The van der Waals surface area contributed by atoms with Crippen molar-refractivity contribution < 1.29 is 4.79 Å². The number of hydrogen-bond donors (Lipinski definition) is 0. The van der Waals surface area contributed by atoms with E-state index in [2.05, 4.69) is 5.10 Å². The molecule has 0 spiro atoms. The highest BCUT2D eigenvalue weighted by atomic mass is 35.5. The van der Waals surface area contributed by atoms with E-state index in [1.54, 1.807) is 10.9 Å². The summed E-state index contributed by atoms with van der Waals surface area (Å²) in [5, 5.41) is 4.71. The van der Waals surface area contributed by atoms with Gasteiger partial charge in [0.25, 0.3) is 0 Å². The Morgan fingerprint density at radius 3 is 2.65 bits per heavy atom. The van der Waals surface area contributed by atoms with E-state index in [1.165, 1.54) is 6.42 Å². The second-order valence-electron chi connectivity index (χ2n) is 5.67. The molecular weight excluding hydrogens is 236 g/mol. The maximum Gasteiger partial charge on any atom is 0.185 e. The van der Waals surface area contributed by atoms with Crippen molar-refractivity contribution in [1.82, 2.24) is 9.78 Å². The molecule has 3 rings (SSSR count). The van der Waals surface area contributed by atoms with E-state index in [0.29, 0.717) is 10.7 Å². The molecule has 0 N–H and O–H groups in total. The van der Waals surface area contributed by atoms with Crippen LogP contribution in [0.2, 0.25) is 5.02 Å². The molecule has 4 heteroatoms. The monoisotopic (exact) mass is 252 g/mol. The van der Waals surface area contributed by atoms with Crippen LogP contribution in [0, 0.1) is 17.8 Å². The van der Waals surface area contributed by atoms with Crippen LogP contribution in [-0.2, 0) is 0 Å². The summed E-state index contributed by atoms with van der Waals surface area (Å²) in [7, 11) is 0. The number of ketones is 1. The molecule has 2 aliphatic rings. The Bertz CT molecular complexity index is 456. The Labute approximate surface area is 106 Å². The van der Waals surface area contributed by atoms with Gasteiger partial charge < -0.3 is 0 Å². The summed E-state index contributed by atoms with van der Waals surface area (Å²) in [6.07, 6.45) is 5.04. The lowest BCUT2D eigenvalue weighted by Crippen LogP contribution is -2.19. The number of nitrogens with zero attached hydrogens (tertiary/aromatic N) is 2. The van der Waals surface area contributed by atoms with Crippen molar-refractivity contribution in [3.8, 4) is 0 Å². The fourth-order valence-electron chi connectivity index (χ4n) is 3.09. The standard InChI is InChI=1S/C13H17ClN2O/c1-7(2)16-12(11(14)6-15-16)13(17)10-4-8-3-9(8)5-10/h6-10H,3-5H2,1-2H3. The molecule has 2 saturated carbocycles. The van der Waals surface area contributed by atoms with E-state index < -0.39 is 0 Å². The summed E-state index contributed by atoms with van der Waals surface area (Å²) >= 11 is 6.11. The molecule has 0 aromatic carbocycles. The van der Waals surface area contributed by atoms with Crippen molar-refractivity contribution in [1.29, 1.82) is 0 Å². The van der Waals surface area contributed by atoms with Gasteiger partial charge in [-0.1, -0.05) is 11.6 Å². The molecule has 0 saturated heterocycles. The van der Waals surface area contributed by atoms with Crippen LogP contribution < -0.4 is 0 Å². The first kappa shape index (κ1) is 11.3. The van der Waals surface area contributed by atoms with E-state index in [9.17, 15) is 4.79 Å². The van der Waals surface area contributed by atoms with Crippen molar-refractivity contribution in [3.05, 3.63) is 16.9 Å². The van der Waals surface area contributed by atoms with Crippen LogP contribution in [0.25, 0.3) is 0 Å². The van der Waals surface area contributed by atoms with E-state index in [4.69, 9.17) is 11.6 Å². The highest BCUT2D eigenvalue weighted by molar-refractivity contribution is 6.33. The van der Waals surface area contributed by atoms with E-state index in [-0.39, 0.29) is 17.7 Å². The van der Waals surface area contributed by atoms with Gasteiger partial charge in [0.1, 0.15) is 5.69 Å². The minimum atomic E-state index is 0.178. The van der Waals surface area contributed by atoms with Crippen LogP contribution in [-0.4, -0.2) is 15.6 Å². The van der Waals surface area contributed by atoms with E-state index in [0.717, 1.165) is 24.7 Å². The Morgan fingerprint density at radius 2 is 2.06 bits per heavy atom. The Balaban J connectivity index is 1.87. The topological polar surface area (TPSA) is 34.9 Å². The minimum absolute atomic E-state index is 0.178. The van der Waals surface area contributed by atoms with Crippen LogP contribution >= 0.6 is 11.6 Å². The van der Waals surface area contributed by atoms with Crippen LogP contribution in [0.4, 0.5) is 0 Å². The summed E-state index contributed by atoms with van der Waals surface area (Å²) < 4.78 is 1.76. The Hall–Kier alpha value is -0.830. The first-order valence-electron chi connectivity index (χ1n) is 6.35. The number of carbonyl (C=O) groups is 1. The summed E-state index contributed by atoms with van der Waals surface area (Å²) in [5.41, 5.74) is 0.618. The molecule has 92 valence electrons. The lowest BCUT2D eigenvalue weighted by atomic mass is 9.96. The number of halogens is 1. The number of aromatic nitrogens is 2. The Morgan fingerprint density at radius 1 is 1.41 bits per heavy atom. The van der Waals surface area contributed by atoms with Gasteiger partial charge in [-0.2, -0.15) is 5.10 Å². The molecule has 1 heterocycles. The smallest absolute Gasteiger partial charge is 0.185 e. The van der Waals surface area contributed by atoms with Gasteiger partial charge in [-0.25, -0.2) is 0 Å². The van der Waals surface area contributed by atoms with Gasteiger partial charge in [-0.3, -0.25) is 9.48 Å². The van der Waals surface area contributed by atoms with E-state index in [1.807, 2.05) is 13.8 Å². The quantitative estimate of drug-likeness (QED) is 0.774. The van der Waals surface area contributed by atoms with Crippen molar-refractivity contribution in [3.63, 3.8) is 0 Å². The second-order valence-corrected chi connectivity index (χ2v) is 6.08. The number of rotatable bonds is 3. The molecule has 1 aromatic heterocycles. The summed E-state index contributed by atoms with van der Waals surface area (Å²) in [6.45, 7) is 4.04. The fraction of sp³-hybridized carbons (Fsp3) is 0.692. The van der Waals surface area contributed by atoms with Crippen molar-refractivity contribution in [2.75, 3.05) is 0 Å². The second kappa shape index (κ2) is 3.84. The summed E-state index contributed by atoms with van der Waals surface area (Å²) in [5.74, 6) is 2.02. The van der Waals surface area contributed by atoms with Gasteiger partial charge in [0.05, 0.1) is 11.2 Å². The first-order valence-corrected chi connectivity index (χ1v) is 6.73. The predicted molar refractivity (Wildman–Crippen MR) is 66.3 cm³/mol. The highest BCUT2D eigenvalue weighted by Gasteiger charge is 2.48. The zero-order valence-electron chi connectivity index (χ0n) is 10.2. The molecule has 2 fully saturated rings. The normalized spacial score (nSPS) is 30.7. The number of carbonyl (C=O) groups excluding carboxylic acids is 1. The minimum Gasteiger partial charge on any atom is -0.292 e. The maximum absolute atomic E-state index is 12.5. The molecule has 0 bridgehead atoms. The van der Waals surface area contributed by atoms with Gasteiger partial charge in [-0.15, -0.1) is 0 Å². The average Bonchev–Trinajstić information content (AvgIpc) is 2.74. The zero-order valence-corrected chi connectivity index (χ0v) is 10.9. The third-order valence-corrected chi connectivity index (χ3v) is 4.36. The van der Waals surface area contributed by atoms with Gasteiger partial charge in [0.15, 0.2) is 5.78 Å². The maximum atomic E-state index is 12.5. The van der Waals surface area contributed by atoms with Crippen LogP contribution in [0.15, 0.2) is 6.20 Å². The van der Waals surface area contributed by atoms with Crippen molar-refractivity contribution in [2.24, 2.45) is 17.8 Å². The van der Waals surface area contributed by atoms with Crippen molar-refractivity contribution in [2.45, 2.75) is 39.2 Å². The molecule has 17 heavy (non-hydrogen) atoms.